The third kappa shape index (κ3) is 1.66. The number of rotatable bonds is 1. The van der Waals surface area contributed by atoms with Crippen molar-refractivity contribution in [3.05, 3.63) is 33.3 Å². The molecular formula is C9H9BrN2. The minimum Gasteiger partial charge on any atom is -0.326 e. The predicted octanol–water partition coefficient (Wildman–Crippen LogP) is 2.09. The number of nitrogens with zero attached hydrogens (tertiary/aromatic N) is 1. The zero-order chi connectivity index (χ0) is 9.14. The molecule has 0 atom stereocenters. The summed E-state index contributed by atoms with van der Waals surface area (Å²) >= 11 is 3.30. The molecule has 0 aromatic heterocycles. The molecule has 0 saturated heterocycles. The topological polar surface area (TPSA) is 49.8 Å². The van der Waals surface area contributed by atoms with Crippen LogP contribution in [0.25, 0.3) is 0 Å². The molecule has 0 fully saturated rings. The summed E-state index contributed by atoms with van der Waals surface area (Å²) < 4.78 is 0.816. The molecule has 1 rings (SSSR count). The van der Waals surface area contributed by atoms with Crippen molar-refractivity contribution in [1.82, 2.24) is 0 Å². The molecule has 0 spiro atoms. The minimum atomic E-state index is 0.510. The highest BCUT2D eigenvalue weighted by Gasteiger charge is 2.02. The van der Waals surface area contributed by atoms with Gasteiger partial charge >= 0.3 is 0 Å². The maximum absolute atomic E-state index is 8.70. The van der Waals surface area contributed by atoms with Gasteiger partial charge in [0, 0.05) is 11.0 Å². The molecule has 0 bridgehead atoms. The summed E-state index contributed by atoms with van der Waals surface area (Å²) in [5.74, 6) is 0. The van der Waals surface area contributed by atoms with E-state index in [0.29, 0.717) is 12.1 Å². The number of nitriles is 1. The summed E-state index contributed by atoms with van der Waals surface area (Å²) in [6.45, 7) is 2.46. The van der Waals surface area contributed by atoms with Gasteiger partial charge < -0.3 is 5.73 Å². The number of hydrogen-bond acceptors (Lipinski definition) is 2. The smallest absolute Gasteiger partial charge is 0.100 e. The summed E-state index contributed by atoms with van der Waals surface area (Å²) in [5, 5.41) is 8.70. The average molecular weight is 225 g/mol. The first-order valence-corrected chi connectivity index (χ1v) is 4.37. The maximum Gasteiger partial charge on any atom is 0.100 e. The van der Waals surface area contributed by atoms with Gasteiger partial charge in [0.1, 0.15) is 6.07 Å². The van der Waals surface area contributed by atoms with Crippen LogP contribution in [0.15, 0.2) is 16.6 Å². The van der Waals surface area contributed by atoms with Crippen molar-refractivity contribution in [2.24, 2.45) is 5.73 Å². The Labute approximate surface area is 80.1 Å². The molecular weight excluding hydrogens is 216 g/mol. The fourth-order valence-corrected chi connectivity index (χ4v) is 1.51. The van der Waals surface area contributed by atoms with E-state index in [1.54, 1.807) is 0 Å². The van der Waals surface area contributed by atoms with E-state index in [9.17, 15) is 0 Å². The van der Waals surface area contributed by atoms with E-state index in [1.165, 1.54) is 0 Å². The van der Waals surface area contributed by atoms with Crippen LogP contribution in [0.4, 0.5) is 0 Å². The van der Waals surface area contributed by atoms with Crippen molar-refractivity contribution in [2.75, 3.05) is 0 Å². The molecule has 0 amide bonds. The molecule has 2 N–H and O–H groups in total. The third-order valence-corrected chi connectivity index (χ3v) is 2.42. The predicted molar refractivity (Wildman–Crippen MR) is 51.5 cm³/mol. The monoisotopic (exact) mass is 224 g/mol. The number of nitrogens with two attached hydrogens (primary N) is 1. The molecule has 62 valence electrons. The van der Waals surface area contributed by atoms with Crippen LogP contribution in [0.5, 0.6) is 0 Å². The summed E-state index contributed by atoms with van der Waals surface area (Å²) in [6.07, 6.45) is 0. The third-order valence-electron chi connectivity index (χ3n) is 1.77. The standard InChI is InChI=1S/C9H9BrN2/c1-6-2-8(5-12)9(10)3-7(6)4-11/h2-3H,4,11H2,1H3. The quantitative estimate of drug-likeness (QED) is 0.795. The SMILES string of the molecule is Cc1cc(C#N)c(Br)cc1CN. The van der Waals surface area contributed by atoms with E-state index in [1.807, 2.05) is 19.1 Å². The second-order valence-corrected chi connectivity index (χ2v) is 3.43. The highest BCUT2D eigenvalue weighted by atomic mass is 79.9. The molecule has 0 unspecified atom stereocenters. The Hall–Kier alpha value is -0.850. The van der Waals surface area contributed by atoms with Gasteiger partial charge in [0.15, 0.2) is 0 Å². The second-order valence-electron chi connectivity index (χ2n) is 2.57. The van der Waals surface area contributed by atoms with Crippen LogP contribution in [-0.2, 0) is 6.54 Å². The zero-order valence-corrected chi connectivity index (χ0v) is 8.35. The van der Waals surface area contributed by atoms with Gasteiger partial charge in [-0.2, -0.15) is 5.26 Å². The van der Waals surface area contributed by atoms with Crippen LogP contribution in [0.3, 0.4) is 0 Å². The van der Waals surface area contributed by atoms with E-state index >= 15 is 0 Å². The molecule has 3 heteroatoms. The van der Waals surface area contributed by atoms with Gasteiger partial charge in [0.25, 0.3) is 0 Å². The zero-order valence-electron chi connectivity index (χ0n) is 6.76. The lowest BCUT2D eigenvalue weighted by atomic mass is 10.1. The lowest BCUT2D eigenvalue weighted by molar-refractivity contribution is 1.04. The van der Waals surface area contributed by atoms with Crippen LogP contribution in [0, 0.1) is 18.3 Å². The van der Waals surface area contributed by atoms with Gasteiger partial charge in [-0.05, 0) is 46.1 Å². The second kappa shape index (κ2) is 3.70. The fourth-order valence-electron chi connectivity index (χ4n) is 1.03. The highest BCUT2D eigenvalue weighted by Crippen LogP contribution is 2.20. The normalized spacial score (nSPS) is 9.50. The van der Waals surface area contributed by atoms with E-state index in [2.05, 4.69) is 22.0 Å². The van der Waals surface area contributed by atoms with Crippen LogP contribution in [0.1, 0.15) is 16.7 Å². The Kier molecular flexibility index (Phi) is 2.85. The van der Waals surface area contributed by atoms with Crippen molar-refractivity contribution >= 4 is 15.9 Å². The molecule has 0 heterocycles. The van der Waals surface area contributed by atoms with Gasteiger partial charge in [-0.25, -0.2) is 0 Å². The number of halogens is 1. The largest absolute Gasteiger partial charge is 0.326 e. The first-order chi connectivity index (χ1) is 5.69. The van der Waals surface area contributed by atoms with Gasteiger partial charge in [0.2, 0.25) is 0 Å². The molecule has 2 nitrogen and oxygen atoms in total. The van der Waals surface area contributed by atoms with E-state index in [0.717, 1.165) is 15.6 Å². The summed E-state index contributed by atoms with van der Waals surface area (Å²) in [6, 6.07) is 5.84. The molecule has 1 aromatic carbocycles. The molecule has 0 aliphatic carbocycles. The Balaban J connectivity index is 3.28. The lowest BCUT2D eigenvalue weighted by Crippen LogP contribution is -1.99. The van der Waals surface area contributed by atoms with Crippen molar-refractivity contribution < 1.29 is 0 Å². The molecule has 0 aliphatic rings. The first kappa shape index (κ1) is 9.24. The van der Waals surface area contributed by atoms with Gasteiger partial charge in [-0.3, -0.25) is 0 Å². The average Bonchev–Trinajstić information content (AvgIpc) is 2.08. The Morgan fingerprint density at radius 2 is 2.25 bits per heavy atom. The van der Waals surface area contributed by atoms with E-state index in [-0.39, 0.29) is 0 Å². The highest BCUT2D eigenvalue weighted by molar-refractivity contribution is 9.10. The van der Waals surface area contributed by atoms with Crippen LogP contribution in [0.2, 0.25) is 0 Å². The lowest BCUT2D eigenvalue weighted by Gasteiger charge is -2.04. The molecule has 0 aliphatic heterocycles. The molecule has 0 radical (unpaired) electrons. The van der Waals surface area contributed by atoms with Gasteiger partial charge in [-0.1, -0.05) is 0 Å². The number of aryl methyl sites for hydroxylation is 1. The number of hydrogen-bond donors (Lipinski definition) is 1. The van der Waals surface area contributed by atoms with Gasteiger partial charge in [-0.15, -0.1) is 0 Å². The molecule has 1 aromatic rings. The van der Waals surface area contributed by atoms with Crippen LogP contribution >= 0.6 is 15.9 Å². The van der Waals surface area contributed by atoms with Crippen LogP contribution in [-0.4, -0.2) is 0 Å². The van der Waals surface area contributed by atoms with Crippen LogP contribution < -0.4 is 5.73 Å². The first-order valence-electron chi connectivity index (χ1n) is 3.58. The van der Waals surface area contributed by atoms with Crippen molar-refractivity contribution in [1.29, 1.82) is 5.26 Å². The van der Waals surface area contributed by atoms with Crippen molar-refractivity contribution in [2.45, 2.75) is 13.5 Å². The fraction of sp³-hybridized carbons (Fsp3) is 0.222. The summed E-state index contributed by atoms with van der Waals surface area (Å²) in [5.41, 5.74) is 8.30. The molecule has 12 heavy (non-hydrogen) atoms. The van der Waals surface area contributed by atoms with Crippen molar-refractivity contribution in [3.8, 4) is 6.07 Å². The maximum atomic E-state index is 8.70. The van der Waals surface area contributed by atoms with E-state index < -0.39 is 0 Å². The van der Waals surface area contributed by atoms with E-state index in [4.69, 9.17) is 11.0 Å². The Morgan fingerprint density at radius 1 is 1.58 bits per heavy atom. The van der Waals surface area contributed by atoms with Crippen molar-refractivity contribution in [3.63, 3.8) is 0 Å². The summed E-state index contributed by atoms with van der Waals surface area (Å²) in [7, 11) is 0. The minimum absolute atomic E-state index is 0.510. The Bertz CT molecular complexity index is 338. The Morgan fingerprint density at radius 3 is 2.75 bits per heavy atom. The van der Waals surface area contributed by atoms with Gasteiger partial charge in [0.05, 0.1) is 5.56 Å². The number of benzene rings is 1. The molecule has 0 saturated carbocycles. The summed E-state index contributed by atoms with van der Waals surface area (Å²) in [4.78, 5) is 0.